The number of thioether (sulfide) groups is 1. The fourth-order valence-corrected chi connectivity index (χ4v) is 2.53. The van der Waals surface area contributed by atoms with Gasteiger partial charge in [-0.25, -0.2) is 0 Å². The van der Waals surface area contributed by atoms with Crippen molar-refractivity contribution in [3.05, 3.63) is 29.3 Å². The number of carbonyl (C=O) groups excluding carboxylic acids is 1. The maximum atomic E-state index is 12.0. The Balaban J connectivity index is 2.68. The summed E-state index contributed by atoms with van der Waals surface area (Å²) < 4.78 is 5.27. The van der Waals surface area contributed by atoms with Gasteiger partial charge in [0.2, 0.25) is 0 Å². The summed E-state index contributed by atoms with van der Waals surface area (Å²) in [6, 6.07) is 5.71. The van der Waals surface area contributed by atoms with E-state index in [0.29, 0.717) is 11.7 Å². The molecule has 0 aromatic heterocycles. The minimum atomic E-state index is 0.223. The van der Waals surface area contributed by atoms with E-state index < -0.39 is 0 Å². The van der Waals surface area contributed by atoms with Crippen molar-refractivity contribution >= 4 is 17.5 Å². The second kappa shape index (κ2) is 7.47. The minimum absolute atomic E-state index is 0.223. The normalized spacial score (nSPS) is 10.7. The van der Waals surface area contributed by atoms with Crippen LogP contribution in [0.4, 0.5) is 0 Å². The highest BCUT2D eigenvalue weighted by atomic mass is 32.2. The monoisotopic (exact) mass is 266 g/mol. The summed E-state index contributed by atoms with van der Waals surface area (Å²) in [7, 11) is 1.66. The van der Waals surface area contributed by atoms with Crippen LogP contribution >= 0.6 is 11.8 Å². The van der Waals surface area contributed by atoms with Crippen LogP contribution < -0.4 is 4.74 Å². The molecule has 0 radical (unpaired) electrons. The molecule has 0 bridgehead atoms. The molecule has 1 aromatic rings. The summed E-state index contributed by atoms with van der Waals surface area (Å²) in [5, 5.41) is 0.583. The Labute approximate surface area is 114 Å². The van der Waals surface area contributed by atoms with E-state index in [1.165, 1.54) is 0 Å². The average Bonchev–Trinajstić information content (AvgIpc) is 2.37. The Morgan fingerprint density at radius 2 is 2.11 bits per heavy atom. The molecule has 100 valence electrons. The van der Waals surface area contributed by atoms with Crippen molar-refractivity contribution in [2.75, 3.05) is 12.9 Å². The standard InChI is InChI=1S/C15H22O2S/c1-5-12-10-13(6-7-15(12)17-4)14(16)8-9-18-11(2)3/h6-7,10-11H,5,8-9H2,1-4H3. The van der Waals surface area contributed by atoms with Crippen molar-refractivity contribution in [2.45, 2.75) is 38.9 Å². The fraction of sp³-hybridized carbons (Fsp3) is 0.533. The third-order valence-electron chi connectivity index (χ3n) is 2.76. The predicted octanol–water partition coefficient (Wildman–Crippen LogP) is 3.97. The number of rotatable bonds is 7. The Hall–Kier alpha value is -0.960. The van der Waals surface area contributed by atoms with Gasteiger partial charge in [-0.05, 0) is 35.4 Å². The van der Waals surface area contributed by atoms with E-state index >= 15 is 0 Å². The number of ether oxygens (including phenoxy) is 1. The molecule has 0 fully saturated rings. The van der Waals surface area contributed by atoms with Crippen molar-refractivity contribution in [2.24, 2.45) is 0 Å². The van der Waals surface area contributed by atoms with E-state index in [1.54, 1.807) is 7.11 Å². The smallest absolute Gasteiger partial charge is 0.163 e. The second-order valence-electron chi connectivity index (χ2n) is 4.47. The van der Waals surface area contributed by atoms with Gasteiger partial charge < -0.3 is 4.74 Å². The number of Topliss-reactive ketones (excluding diaryl/α,β-unsaturated/α-hetero) is 1. The van der Waals surface area contributed by atoms with Crippen molar-refractivity contribution in [3.63, 3.8) is 0 Å². The molecule has 0 spiro atoms. The molecular formula is C15H22O2S. The maximum Gasteiger partial charge on any atom is 0.163 e. The van der Waals surface area contributed by atoms with E-state index in [2.05, 4.69) is 20.8 Å². The molecule has 0 saturated heterocycles. The molecule has 0 saturated carbocycles. The van der Waals surface area contributed by atoms with Crippen LogP contribution in [-0.2, 0) is 6.42 Å². The Morgan fingerprint density at radius 1 is 1.39 bits per heavy atom. The van der Waals surface area contributed by atoms with E-state index in [1.807, 2.05) is 30.0 Å². The molecule has 0 N–H and O–H groups in total. The van der Waals surface area contributed by atoms with E-state index in [-0.39, 0.29) is 5.78 Å². The van der Waals surface area contributed by atoms with Crippen LogP contribution in [-0.4, -0.2) is 23.9 Å². The summed E-state index contributed by atoms with van der Waals surface area (Å²) in [6.45, 7) is 6.37. The molecule has 1 rings (SSSR count). The third-order valence-corrected chi connectivity index (χ3v) is 3.87. The molecule has 3 heteroatoms. The minimum Gasteiger partial charge on any atom is -0.496 e. The summed E-state index contributed by atoms with van der Waals surface area (Å²) >= 11 is 1.83. The first-order valence-electron chi connectivity index (χ1n) is 6.40. The molecule has 0 heterocycles. The highest BCUT2D eigenvalue weighted by Crippen LogP contribution is 2.21. The van der Waals surface area contributed by atoms with Crippen LogP contribution in [0.2, 0.25) is 0 Å². The van der Waals surface area contributed by atoms with Gasteiger partial charge in [0.15, 0.2) is 5.78 Å². The lowest BCUT2D eigenvalue weighted by Crippen LogP contribution is -2.03. The lowest BCUT2D eigenvalue weighted by molar-refractivity contribution is 0.0989. The molecule has 1 aromatic carbocycles. The number of carbonyl (C=O) groups is 1. The molecule has 2 nitrogen and oxygen atoms in total. The number of methoxy groups -OCH3 is 1. The SMILES string of the molecule is CCc1cc(C(=O)CCSC(C)C)ccc1OC. The Bertz CT molecular complexity index is 399. The number of hydrogen-bond donors (Lipinski definition) is 0. The van der Waals surface area contributed by atoms with Gasteiger partial charge in [-0.2, -0.15) is 11.8 Å². The zero-order valence-corrected chi connectivity index (χ0v) is 12.5. The van der Waals surface area contributed by atoms with Crippen molar-refractivity contribution in [1.29, 1.82) is 0 Å². The molecule has 0 aliphatic heterocycles. The van der Waals surface area contributed by atoms with Crippen molar-refractivity contribution in [1.82, 2.24) is 0 Å². The van der Waals surface area contributed by atoms with Gasteiger partial charge in [-0.1, -0.05) is 20.8 Å². The lowest BCUT2D eigenvalue weighted by Gasteiger charge is -2.09. The number of benzene rings is 1. The van der Waals surface area contributed by atoms with Gasteiger partial charge in [0, 0.05) is 17.7 Å². The predicted molar refractivity (Wildman–Crippen MR) is 78.9 cm³/mol. The van der Waals surface area contributed by atoms with Crippen LogP contribution in [0.25, 0.3) is 0 Å². The molecule has 0 amide bonds. The van der Waals surface area contributed by atoms with Crippen LogP contribution in [0.5, 0.6) is 5.75 Å². The van der Waals surface area contributed by atoms with Crippen LogP contribution in [0, 0.1) is 0 Å². The molecule has 0 atom stereocenters. The van der Waals surface area contributed by atoms with Crippen LogP contribution in [0.15, 0.2) is 18.2 Å². The van der Waals surface area contributed by atoms with Gasteiger partial charge in [0.1, 0.15) is 5.75 Å². The zero-order chi connectivity index (χ0) is 13.5. The van der Waals surface area contributed by atoms with Crippen LogP contribution in [0.3, 0.4) is 0 Å². The van der Waals surface area contributed by atoms with E-state index in [9.17, 15) is 4.79 Å². The van der Waals surface area contributed by atoms with Gasteiger partial charge in [-0.15, -0.1) is 0 Å². The highest BCUT2D eigenvalue weighted by molar-refractivity contribution is 7.99. The molecule has 18 heavy (non-hydrogen) atoms. The first-order chi connectivity index (χ1) is 8.58. The molecular weight excluding hydrogens is 244 g/mol. The van der Waals surface area contributed by atoms with Gasteiger partial charge in [0.05, 0.1) is 7.11 Å². The van der Waals surface area contributed by atoms with E-state index in [4.69, 9.17) is 4.74 Å². The summed E-state index contributed by atoms with van der Waals surface area (Å²) in [6.07, 6.45) is 1.49. The Morgan fingerprint density at radius 3 is 2.67 bits per heavy atom. The average molecular weight is 266 g/mol. The molecule has 0 aliphatic rings. The van der Waals surface area contributed by atoms with Gasteiger partial charge in [0.25, 0.3) is 0 Å². The first kappa shape index (κ1) is 15.1. The highest BCUT2D eigenvalue weighted by Gasteiger charge is 2.09. The van der Waals surface area contributed by atoms with Crippen LogP contribution in [0.1, 0.15) is 43.1 Å². The molecule has 0 unspecified atom stereocenters. The number of ketones is 1. The summed E-state index contributed by atoms with van der Waals surface area (Å²) in [5.74, 6) is 1.98. The quantitative estimate of drug-likeness (QED) is 0.698. The second-order valence-corrected chi connectivity index (χ2v) is 6.16. The number of hydrogen-bond acceptors (Lipinski definition) is 3. The third kappa shape index (κ3) is 4.37. The first-order valence-corrected chi connectivity index (χ1v) is 7.45. The lowest BCUT2D eigenvalue weighted by atomic mass is 10.0. The van der Waals surface area contributed by atoms with Gasteiger partial charge >= 0.3 is 0 Å². The fourth-order valence-electron chi connectivity index (χ4n) is 1.76. The zero-order valence-electron chi connectivity index (χ0n) is 11.7. The van der Waals surface area contributed by atoms with Gasteiger partial charge in [-0.3, -0.25) is 4.79 Å². The largest absolute Gasteiger partial charge is 0.496 e. The Kier molecular flexibility index (Phi) is 6.27. The van der Waals surface area contributed by atoms with Crippen molar-refractivity contribution < 1.29 is 9.53 Å². The van der Waals surface area contributed by atoms with Crippen molar-refractivity contribution in [3.8, 4) is 5.75 Å². The molecule has 0 aliphatic carbocycles. The van der Waals surface area contributed by atoms with E-state index in [0.717, 1.165) is 29.1 Å². The maximum absolute atomic E-state index is 12.0. The number of aryl methyl sites for hydroxylation is 1. The topological polar surface area (TPSA) is 26.3 Å². The summed E-state index contributed by atoms with van der Waals surface area (Å²) in [4.78, 5) is 12.0. The summed E-state index contributed by atoms with van der Waals surface area (Å²) in [5.41, 5.74) is 1.90.